The molecule has 1 aromatic heterocycles. The molecule has 1 saturated heterocycles. The number of nitrogens with zero attached hydrogens (tertiary/aromatic N) is 2. The van der Waals surface area contributed by atoms with Crippen molar-refractivity contribution in [2.24, 2.45) is 5.41 Å². The molecule has 96 valence electrons. The van der Waals surface area contributed by atoms with Crippen LogP contribution in [0.15, 0.2) is 0 Å². The molecule has 1 atom stereocenters. The van der Waals surface area contributed by atoms with Gasteiger partial charge in [-0.05, 0) is 24.8 Å². The van der Waals surface area contributed by atoms with Gasteiger partial charge in [-0.25, -0.2) is 8.78 Å². The SMILES string of the molecule is CC1(CNc2nnc(C(F)F)s2)CCCNC1. The van der Waals surface area contributed by atoms with Crippen LogP contribution in [-0.4, -0.2) is 29.8 Å². The zero-order valence-electron chi connectivity index (χ0n) is 9.67. The van der Waals surface area contributed by atoms with Crippen LogP contribution in [0.5, 0.6) is 0 Å². The van der Waals surface area contributed by atoms with Gasteiger partial charge in [0.05, 0.1) is 0 Å². The average Bonchev–Trinajstić information content (AvgIpc) is 2.76. The highest BCUT2D eigenvalue weighted by molar-refractivity contribution is 7.15. The zero-order chi connectivity index (χ0) is 12.3. The third-order valence-corrected chi connectivity index (χ3v) is 3.87. The van der Waals surface area contributed by atoms with E-state index in [4.69, 9.17) is 0 Å². The second-order valence-electron chi connectivity index (χ2n) is 4.69. The molecule has 0 aromatic carbocycles. The van der Waals surface area contributed by atoms with E-state index >= 15 is 0 Å². The Morgan fingerprint density at radius 3 is 2.94 bits per heavy atom. The molecular formula is C10H16F2N4S. The highest BCUT2D eigenvalue weighted by Crippen LogP contribution is 2.28. The van der Waals surface area contributed by atoms with Crippen LogP contribution in [0.25, 0.3) is 0 Å². The van der Waals surface area contributed by atoms with Crippen molar-refractivity contribution in [2.45, 2.75) is 26.2 Å². The van der Waals surface area contributed by atoms with Gasteiger partial charge in [0.1, 0.15) is 0 Å². The Hall–Kier alpha value is -0.820. The number of hydrogen-bond donors (Lipinski definition) is 2. The van der Waals surface area contributed by atoms with Gasteiger partial charge < -0.3 is 10.6 Å². The van der Waals surface area contributed by atoms with Crippen LogP contribution < -0.4 is 10.6 Å². The van der Waals surface area contributed by atoms with E-state index in [1.54, 1.807) is 0 Å². The lowest BCUT2D eigenvalue weighted by Crippen LogP contribution is -2.42. The molecule has 1 aliphatic rings. The predicted octanol–water partition coefficient (Wildman–Crippen LogP) is 2.28. The van der Waals surface area contributed by atoms with Crippen molar-refractivity contribution in [3.63, 3.8) is 0 Å². The van der Waals surface area contributed by atoms with E-state index < -0.39 is 6.43 Å². The molecule has 2 rings (SSSR count). The van der Waals surface area contributed by atoms with E-state index in [1.165, 1.54) is 0 Å². The maximum Gasteiger partial charge on any atom is 0.291 e. The number of rotatable bonds is 4. The molecule has 0 radical (unpaired) electrons. The molecule has 0 bridgehead atoms. The molecule has 1 fully saturated rings. The minimum atomic E-state index is -2.53. The lowest BCUT2D eigenvalue weighted by atomic mass is 9.83. The first kappa shape index (κ1) is 12.6. The summed E-state index contributed by atoms with van der Waals surface area (Å²) in [6, 6.07) is 0. The summed E-state index contributed by atoms with van der Waals surface area (Å²) >= 11 is 0.925. The van der Waals surface area contributed by atoms with Crippen molar-refractivity contribution < 1.29 is 8.78 Å². The van der Waals surface area contributed by atoms with Crippen molar-refractivity contribution in [3.8, 4) is 0 Å². The Morgan fingerprint density at radius 2 is 2.35 bits per heavy atom. The molecule has 0 spiro atoms. The number of alkyl halides is 2. The van der Waals surface area contributed by atoms with Crippen molar-refractivity contribution in [1.82, 2.24) is 15.5 Å². The first-order valence-electron chi connectivity index (χ1n) is 5.65. The first-order valence-corrected chi connectivity index (χ1v) is 6.47. The number of piperidine rings is 1. The van der Waals surface area contributed by atoms with E-state index in [0.717, 1.165) is 43.8 Å². The highest BCUT2D eigenvalue weighted by Gasteiger charge is 2.26. The Bertz CT molecular complexity index is 363. The lowest BCUT2D eigenvalue weighted by molar-refractivity contribution is 0.150. The molecule has 0 amide bonds. The zero-order valence-corrected chi connectivity index (χ0v) is 10.5. The number of anilines is 1. The smallest absolute Gasteiger partial charge is 0.291 e. The maximum atomic E-state index is 12.3. The normalized spacial score (nSPS) is 25.2. The molecule has 1 unspecified atom stereocenters. The Balaban J connectivity index is 1.88. The van der Waals surface area contributed by atoms with Gasteiger partial charge in [0.15, 0.2) is 5.01 Å². The third kappa shape index (κ3) is 3.32. The fourth-order valence-corrected chi connectivity index (χ4v) is 2.55. The fourth-order valence-electron chi connectivity index (χ4n) is 1.95. The second kappa shape index (κ2) is 5.22. The standard InChI is InChI=1S/C10H16F2N4S/c1-10(3-2-4-13-5-10)6-14-9-16-15-8(17-9)7(11)12/h7,13H,2-6H2,1H3,(H,14,16). The van der Waals surface area contributed by atoms with E-state index in [1.807, 2.05) is 0 Å². The van der Waals surface area contributed by atoms with Crippen LogP contribution in [0.2, 0.25) is 0 Å². The maximum absolute atomic E-state index is 12.3. The summed E-state index contributed by atoms with van der Waals surface area (Å²) in [6.07, 6.45) is -0.251. The fraction of sp³-hybridized carbons (Fsp3) is 0.800. The monoisotopic (exact) mass is 262 g/mol. The lowest BCUT2D eigenvalue weighted by Gasteiger charge is -2.34. The molecule has 1 aromatic rings. The van der Waals surface area contributed by atoms with Gasteiger partial charge in [-0.15, -0.1) is 10.2 Å². The van der Waals surface area contributed by atoms with Crippen molar-refractivity contribution >= 4 is 16.5 Å². The summed E-state index contributed by atoms with van der Waals surface area (Å²) in [5, 5.41) is 13.9. The van der Waals surface area contributed by atoms with Gasteiger partial charge >= 0.3 is 0 Å². The van der Waals surface area contributed by atoms with Crippen molar-refractivity contribution in [2.75, 3.05) is 25.0 Å². The number of halogens is 2. The van der Waals surface area contributed by atoms with Crippen LogP contribution in [-0.2, 0) is 0 Å². The van der Waals surface area contributed by atoms with Gasteiger partial charge in [-0.3, -0.25) is 0 Å². The summed E-state index contributed by atoms with van der Waals surface area (Å²) in [5.41, 5.74) is 0.162. The predicted molar refractivity (Wildman–Crippen MR) is 63.6 cm³/mol. The molecule has 2 N–H and O–H groups in total. The Morgan fingerprint density at radius 1 is 1.53 bits per heavy atom. The van der Waals surface area contributed by atoms with Gasteiger partial charge in [-0.2, -0.15) is 0 Å². The topological polar surface area (TPSA) is 49.8 Å². The summed E-state index contributed by atoms with van der Waals surface area (Å²) in [4.78, 5) is 0. The minimum absolute atomic E-state index is 0.162. The molecule has 0 saturated carbocycles. The summed E-state index contributed by atoms with van der Waals surface area (Å²) in [6.45, 7) is 4.92. The summed E-state index contributed by atoms with van der Waals surface area (Å²) in [5.74, 6) is 0. The van der Waals surface area contributed by atoms with Gasteiger partial charge in [0, 0.05) is 13.1 Å². The van der Waals surface area contributed by atoms with Crippen LogP contribution in [0.1, 0.15) is 31.2 Å². The first-order chi connectivity index (χ1) is 8.09. The molecule has 1 aliphatic heterocycles. The van der Waals surface area contributed by atoms with Crippen molar-refractivity contribution in [3.05, 3.63) is 5.01 Å². The highest BCUT2D eigenvalue weighted by atomic mass is 32.1. The van der Waals surface area contributed by atoms with E-state index in [-0.39, 0.29) is 10.4 Å². The number of nitrogens with one attached hydrogen (secondary N) is 2. The van der Waals surface area contributed by atoms with E-state index in [2.05, 4.69) is 27.8 Å². The summed E-state index contributed by atoms with van der Waals surface area (Å²) in [7, 11) is 0. The van der Waals surface area contributed by atoms with Gasteiger partial charge in [0.25, 0.3) is 6.43 Å². The molecule has 7 heteroatoms. The minimum Gasteiger partial charge on any atom is -0.359 e. The van der Waals surface area contributed by atoms with E-state index in [0.29, 0.717) is 5.13 Å². The quantitative estimate of drug-likeness (QED) is 0.874. The summed E-state index contributed by atoms with van der Waals surface area (Å²) < 4.78 is 24.6. The second-order valence-corrected chi connectivity index (χ2v) is 5.70. The molecule has 17 heavy (non-hydrogen) atoms. The van der Waals surface area contributed by atoms with Crippen LogP contribution in [0.3, 0.4) is 0 Å². The van der Waals surface area contributed by atoms with Crippen molar-refractivity contribution in [1.29, 1.82) is 0 Å². The molecule has 2 heterocycles. The Labute approximate surface area is 103 Å². The Kier molecular flexibility index (Phi) is 3.88. The average molecular weight is 262 g/mol. The molecule has 0 aliphatic carbocycles. The van der Waals surface area contributed by atoms with Gasteiger partial charge in [-0.1, -0.05) is 18.3 Å². The molecular weight excluding hydrogens is 246 g/mol. The third-order valence-electron chi connectivity index (χ3n) is 2.98. The van der Waals surface area contributed by atoms with Crippen LogP contribution in [0.4, 0.5) is 13.9 Å². The largest absolute Gasteiger partial charge is 0.359 e. The van der Waals surface area contributed by atoms with Gasteiger partial charge in [0.2, 0.25) is 5.13 Å². The van der Waals surface area contributed by atoms with Crippen LogP contribution in [0, 0.1) is 5.41 Å². The number of aromatic nitrogens is 2. The van der Waals surface area contributed by atoms with Crippen LogP contribution >= 0.6 is 11.3 Å². The molecule has 4 nitrogen and oxygen atoms in total. The van der Waals surface area contributed by atoms with E-state index in [9.17, 15) is 8.78 Å². The number of hydrogen-bond acceptors (Lipinski definition) is 5.